The van der Waals surface area contributed by atoms with Gasteiger partial charge >= 0.3 is 0 Å². The highest BCUT2D eigenvalue weighted by Gasteiger charge is 2.29. The van der Waals surface area contributed by atoms with Crippen LogP contribution in [0.5, 0.6) is 0 Å². The molecule has 2 aliphatic carbocycles. The summed E-state index contributed by atoms with van der Waals surface area (Å²) in [7, 11) is 0. The summed E-state index contributed by atoms with van der Waals surface area (Å²) in [5.41, 5.74) is 1.49. The molecule has 1 N–H and O–H groups in total. The molecule has 1 nitrogen and oxygen atoms in total. The van der Waals surface area contributed by atoms with E-state index >= 15 is 0 Å². The van der Waals surface area contributed by atoms with Crippen LogP contribution < -0.4 is 5.32 Å². The fourth-order valence-corrected chi connectivity index (χ4v) is 5.45. The molecule has 3 heteroatoms. The first-order valence-electron chi connectivity index (χ1n) is 7.66. The summed E-state index contributed by atoms with van der Waals surface area (Å²) in [6, 6.07) is 3.46. The second kappa shape index (κ2) is 5.75. The molecule has 19 heavy (non-hydrogen) atoms. The van der Waals surface area contributed by atoms with Crippen molar-refractivity contribution in [2.75, 3.05) is 0 Å². The Morgan fingerprint density at radius 3 is 2.68 bits per heavy atom. The van der Waals surface area contributed by atoms with Crippen LogP contribution in [0, 0.1) is 11.8 Å². The van der Waals surface area contributed by atoms with Gasteiger partial charge in [-0.25, -0.2) is 0 Å². The molecule has 1 heterocycles. The molecule has 0 amide bonds. The van der Waals surface area contributed by atoms with E-state index in [1.54, 1.807) is 11.3 Å². The van der Waals surface area contributed by atoms with E-state index in [1.807, 2.05) is 0 Å². The third-order valence-electron chi connectivity index (χ3n) is 4.70. The van der Waals surface area contributed by atoms with E-state index in [4.69, 9.17) is 11.6 Å². The Morgan fingerprint density at radius 2 is 1.95 bits per heavy atom. The molecule has 0 radical (unpaired) electrons. The molecule has 0 bridgehead atoms. The van der Waals surface area contributed by atoms with Gasteiger partial charge in [-0.2, -0.15) is 0 Å². The molecular weight excluding hydrogens is 274 g/mol. The lowest BCUT2D eigenvalue weighted by Gasteiger charge is -2.36. The SMILES string of the molecule is CC1CC(C)CC(NC2CCCc3sc(Cl)cc32)C1. The average molecular weight is 298 g/mol. The monoisotopic (exact) mass is 297 g/mol. The van der Waals surface area contributed by atoms with Crippen LogP contribution in [-0.4, -0.2) is 6.04 Å². The topological polar surface area (TPSA) is 12.0 Å². The maximum absolute atomic E-state index is 6.20. The average Bonchev–Trinajstić information content (AvgIpc) is 2.69. The van der Waals surface area contributed by atoms with E-state index in [9.17, 15) is 0 Å². The van der Waals surface area contributed by atoms with Crippen molar-refractivity contribution >= 4 is 22.9 Å². The van der Waals surface area contributed by atoms with E-state index in [0.29, 0.717) is 12.1 Å². The zero-order valence-corrected chi connectivity index (χ0v) is 13.5. The first kappa shape index (κ1) is 13.9. The summed E-state index contributed by atoms with van der Waals surface area (Å²) in [5.74, 6) is 1.74. The highest BCUT2D eigenvalue weighted by molar-refractivity contribution is 7.16. The quantitative estimate of drug-likeness (QED) is 0.792. The van der Waals surface area contributed by atoms with E-state index in [1.165, 1.54) is 49.0 Å². The number of aryl methyl sites for hydroxylation is 1. The lowest BCUT2D eigenvalue weighted by Crippen LogP contribution is -2.39. The molecule has 106 valence electrons. The Hall–Kier alpha value is -0.0500. The van der Waals surface area contributed by atoms with Gasteiger partial charge in [0, 0.05) is 17.0 Å². The Balaban J connectivity index is 1.70. The van der Waals surface area contributed by atoms with Crippen molar-refractivity contribution in [1.82, 2.24) is 5.32 Å². The Bertz CT molecular complexity index is 432. The second-order valence-corrected chi connectivity index (χ2v) is 8.42. The number of thiophene rings is 1. The van der Waals surface area contributed by atoms with Gasteiger partial charge in [-0.05, 0) is 62.0 Å². The fourth-order valence-electron chi connectivity index (χ4n) is 4.06. The fraction of sp³-hybridized carbons (Fsp3) is 0.750. The van der Waals surface area contributed by atoms with Gasteiger partial charge in [0.05, 0.1) is 4.34 Å². The van der Waals surface area contributed by atoms with E-state index in [2.05, 4.69) is 25.2 Å². The number of nitrogens with one attached hydrogen (secondary N) is 1. The van der Waals surface area contributed by atoms with Crippen LogP contribution in [0.2, 0.25) is 4.34 Å². The maximum Gasteiger partial charge on any atom is 0.0934 e. The number of rotatable bonds is 2. The predicted octanol–water partition coefficient (Wildman–Crippen LogP) is 5.19. The van der Waals surface area contributed by atoms with Crippen molar-refractivity contribution < 1.29 is 0 Å². The molecule has 1 saturated carbocycles. The van der Waals surface area contributed by atoms with Crippen LogP contribution in [0.25, 0.3) is 0 Å². The molecular formula is C16H24ClNS. The summed E-state index contributed by atoms with van der Waals surface area (Å²) < 4.78 is 0.962. The van der Waals surface area contributed by atoms with Crippen molar-refractivity contribution in [2.45, 2.75) is 64.5 Å². The van der Waals surface area contributed by atoms with Crippen molar-refractivity contribution in [3.05, 3.63) is 20.8 Å². The third kappa shape index (κ3) is 3.17. The zero-order chi connectivity index (χ0) is 13.4. The lowest BCUT2D eigenvalue weighted by molar-refractivity contribution is 0.220. The maximum atomic E-state index is 6.20. The first-order chi connectivity index (χ1) is 9.11. The first-order valence-corrected chi connectivity index (χ1v) is 8.85. The van der Waals surface area contributed by atoms with Crippen LogP contribution in [0.15, 0.2) is 6.07 Å². The molecule has 3 atom stereocenters. The zero-order valence-electron chi connectivity index (χ0n) is 11.9. The van der Waals surface area contributed by atoms with Gasteiger partial charge in [0.2, 0.25) is 0 Å². The minimum absolute atomic E-state index is 0.551. The van der Waals surface area contributed by atoms with Crippen LogP contribution in [0.4, 0.5) is 0 Å². The van der Waals surface area contributed by atoms with Crippen molar-refractivity contribution in [3.63, 3.8) is 0 Å². The van der Waals surface area contributed by atoms with Crippen LogP contribution in [0.1, 0.15) is 62.4 Å². The molecule has 0 aliphatic heterocycles. The molecule has 0 spiro atoms. The van der Waals surface area contributed by atoms with Gasteiger partial charge in [0.1, 0.15) is 0 Å². The largest absolute Gasteiger partial charge is 0.307 e. The van der Waals surface area contributed by atoms with Gasteiger partial charge < -0.3 is 5.32 Å². The Kier molecular flexibility index (Phi) is 4.21. The summed E-state index contributed by atoms with van der Waals surface area (Å²) in [4.78, 5) is 1.52. The molecule has 0 saturated heterocycles. The molecule has 2 aliphatic rings. The van der Waals surface area contributed by atoms with Crippen LogP contribution in [-0.2, 0) is 6.42 Å². The highest BCUT2D eigenvalue weighted by Crippen LogP contribution is 2.39. The van der Waals surface area contributed by atoms with Crippen LogP contribution in [0.3, 0.4) is 0 Å². The van der Waals surface area contributed by atoms with Gasteiger partial charge in [-0.15, -0.1) is 11.3 Å². The summed E-state index contributed by atoms with van der Waals surface area (Å²) in [6.45, 7) is 4.80. The highest BCUT2D eigenvalue weighted by atomic mass is 35.5. The van der Waals surface area contributed by atoms with Crippen molar-refractivity contribution in [3.8, 4) is 0 Å². The van der Waals surface area contributed by atoms with E-state index in [-0.39, 0.29) is 0 Å². The minimum Gasteiger partial charge on any atom is -0.307 e. The summed E-state index contributed by atoms with van der Waals surface area (Å²) in [6.07, 6.45) is 7.89. The smallest absolute Gasteiger partial charge is 0.0934 e. The molecule has 3 unspecified atom stereocenters. The number of hydrogen-bond acceptors (Lipinski definition) is 2. The second-order valence-electron chi connectivity index (χ2n) is 6.65. The molecule has 1 fully saturated rings. The summed E-state index contributed by atoms with van der Waals surface area (Å²) >= 11 is 7.98. The molecule has 0 aromatic carbocycles. The minimum atomic E-state index is 0.551. The summed E-state index contributed by atoms with van der Waals surface area (Å²) in [5, 5.41) is 3.94. The van der Waals surface area contributed by atoms with Crippen molar-refractivity contribution in [2.24, 2.45) is 11.8 Å². The standard InChI is InChI=1S/C16H24ClNS/c1-10-6-11(2)8-12(7-10)18-14-4-3-5-15-13(14)9-16(17)19-15/h9-12,14,18H,3-8H2,1-2H3. The molecule has 1 aromatic rings. The van der Waals surface area contributed by atoms with E-state index in [0.717, 1.165) is 16.2 Å². The number of fused-ring (bicyclic) bond motifs is 1. The molecule has 3 rings (SSSR count). The predicted molar refractivity (Wildman–Crippen MR) is 84.1 cm³/mol. The Labute approximate surface area is 125 Å². The van der Waals surface area contributed by atoms with E-state index < -0.39 is 0 Å². The van der Waals surface area contributed by atoms with Gasteiger partial charge in [-0.1, -0.05) is 25.4 Å². The lowest BCUT2D eigenvalue weighted by atomic mass is 9.79. The number of hydrogen-bond donors (Lipinski definition) is 1. The Morgan fingerprint density at radius 1 is 1.21 bits per heavy atom. The third-order valence-corrected chi connectivity index (χ3v) is 6.04. The molecule has 1 aromatic heterocycles. The van der Waals surface area contributed by atoms with Crippen molar-refractivity contribution in [1.29, 1.82) is 0 Å². The normalized spacial score (nSPS) is 35.1. The number of halogens is 1. The van der Waals surface area contributed by atoms with Gasteiger partial charge in [0.15, 0.2) is 0 Å². The van der Waals surface area contributed by atoms with Gasteiger partial charge in [0.25, 0.3) is 0 Å². The van der Waals surface area contributed by atoms with Crippen LogP contribution >= 0.6 is 22.9 Å². The van der Waals surface area contributed by atoms with Gasteiger partial charge in [-0.3, -0.25) is 0 Å².